The standard InChI is InChI=1S/C14H19N5O3S/c1-11-15-7-8-19(11)13-9-12(3-5-16-13)10-17-14(20)4-6-18-23(2,21)22/h3,5,7-9,18H,4,6,10H2,1-2H3,(H,17,20). The third kappa shape index (κ3) is 5.46. The Morgan fingerprint density at radius 2 is 2.09 bits per heavy atom. The molecule has 2 aromatic rings. The van der Waals surface area contributed by atoms with Gasteiger partial charge in [0.05, 0.1) is 6.26 Å². The van der Waals surface area contributed by atoms with Gasteiger partial charge in [0.2, 0.25) is 15.9 Å². The van der Waals surface area contributed by atoms with Gasteiger partial charge in [0.25, 0.3) is 0 Å². The van der Waals surface area contributed by atoms with Gasteiger partial charge in [0.1, 0.15) is 11.6 Å². The number of nitrogens with one attached hydrogen (secondary N) is 2. The van der Waals surface area contributed by atoms with Crippen LogP contribution in [0, 0.1) is 6.92 Å². The summed E-state index contributed by atoms with van der Waals surface area (Å²) in [5.41, 5.74) is 0.896. The molecule has 0 atom stereocenters. The zero-order valence-electron chi connectivity index (χ0n) is 13.0. The fourth-order valence-electron chi connectivity index (χ4n) is 1.96. The van der Waals surface area contributed by atoms with Crippen molar-refractivity contribution >= 4 is 15.9 Å². The van der Waals surface area contributed by atoms with Crippen LogP contribution in [0.1, 0.15) is 17.8 Å². The molecule has 124 valence electrons. The van der Waals surface area contributed by atoms with Crippen LogP contribution in [0.15, 0.2) is 30.7 Å². The lowest BCUT2D eigenvalue weighted by molar-refractivity contribution is -0.121. The fraction of sp³-hybridized carbons (Fsp3) is 0.357. The number of carbonyl (C=O) groups is 1. The summed E-state index contributed by atoms with van der Waals surface area (Å²) in [5, 5.41) is 2.75. The van der Waals surface area contributed by atoms with E-state index in [1.807, 2.05) is 29.8 Å². The first kappa shape index (κ1) is 17.1. The normalized spacial score (nSPS) is 11.4. The molecule has 1 amide bonds. The van der Waals surface area contributed by atoms with E-state index in [4.69, 9.17) is 0 Å². The number of aromatic nitrogens is 3. The van der Waals surface area contributed by atoms with Crippen LogP contribution in [0.4, 0.5) is 0 Å². The number of imidazole rings is 1. The summed E-state index contributed by atoms with van der Waals surface area (Å²) in [6, 6.07) is 3.68. The highest BCUT2D eigenvalue weighted by atomic mass is 32.2. The molecule has 0 aliphatic heterocycles. The van der Waals surface area contributed by atoms with Crippen LogP contribution in [0.5, 0.6) is 0 Å². The van der Waals surface area contributed by atoms with Crippen molar-refractivity contribution in [3.8, 4) is 5.82 Å². The number of amides is 1. The highest BCUT2D eigenvalue weighted by molar-refractivity contribution is 7.88. The minimum absolute atomic E-state index is 0.0838. The second-order valence-electron chi connectivity index (χ2n) is 5.06. The monoisotopic (exact) mass is 337 g/mol. The number of rotatable bonds is 7. The molecule has 0 bridgehead atoms. The van der Waals surface area contributed by atoms with Crippen LogP contribution in [0.2, 0.25) is 0 Å². The van der Waals surface area contributed by atoms with Crippen molar-refractivity contribution in [3.05, 3.63) is 42.1 Å². The van der Waals surface area contributed by atoms with Gasteiger partial charge in [0, 0.05) is 38.1 Å². The largest absolute Gasteiger partial charge is 0.352 e. The van der Waals surface area contributed by atoms with Gasteiger partial charge in [-0.3, -0.25) is 9.36 Å². The lowest BCUT2D eigenvalue weighted by Gasteiger charge is -2.08. The van der Waals surface area contributed by atoms with Crippen molar-refractivity contribution in [2.24, 2.45) is 0 Å². The predicted octanol–water partition coefficient (Wildman–Crippen LogP) is 0.131. The van der Waals surface area contributed by atoms with E-state index < -0.39 is 10.0 Å². The Labute approximate surface area is 135 Å². The van der Waals surface area contributed by atoms with E-state index in [1.54, 1.807) is 12.4 Å². The van der Waals surface area contributed by atoms with Crippen molar-refractivity contribution in [1.82, 2.24) is 24.6 Å². The lowest BCUT2D eigenvalue weighted by Crippen LogP contribution is -2.29. The number of carbonyl (C=O) groups excluding carboxylic acids is 1. The molecule has 2 rings (SSSR count). The summed E-state index contributed by atoms with van der Waals surface area (Å²) in [4.78, 5) is 20.1. The van der Waals surface area contributed by atoms with Crippen LogP contribution in [0.25, 0.3) is 5.82 Å². The van der Waals surface area contributed by atoms with Crippen LogP contribution in [-0.4, -0.2) is 41.7 Å². The Kier molecular flexibility index (Phi) is 5.45. The first-order valence-corrected chi connectivity index (χ1v) is 8.91. The molecule has 0 unspecified atom stereocenters. The second-order valence-corrected chi connectivity index (χ2v) is 6.89. The molecule has 9 heteroatoms. The Morgan fingerprint density at radius 1 is 1.30 bits per heavy atom. The third-order valence-electron chi connectivity index (χ3n) is 3.09. The zero-order valence-corrected chi connectivity index (χ0v) is 13.8. The summed E-state index contributed by atoms with van der Waals surface area (Å²) in [6.07, 6.45) is 6.33. The quantitative estimate of drug-likeness (QED) is 0.747. The number of sulfonamides is 1. The van der Waals surface area contributed by atoms with Crippen molar-refractivity contribution in [3.63, 3.8) is 0 Å². The van der Waals surface area contributed by atoms with Gasteiger partial charge in [-0.1, -0.05) is 0 Å². The minimum atomic E-state index is -3.27. The Bertz CT molecular complexity index is 785. The molecule has 8 nitrogen and oxygen atoms in total. The van der Waals surface area contributed by atoms with Crippen molar-refractivity contribution < 1.29 is 13.2 Å². The van der Waals surface area contributed by atoms with Crippen molar-refractivity contribution in [2.75, 3.05) is 12.8 Å². The van der Waals surface area contributed by atoms with Crippen molar-refractivity contribution in [2.45, 2.75) is 19.9 Å². The van der Waals surface area contributed by atoms with E-state index in [0.717, 1.165) is 23.5 Å². The molecule has 0 saturated heterocycles. The summed E-state index contributed by atoms with van der Waals surface area (Å²) in [5.74, 6) is 1.33. The van der Waals surface area contributed by atoms with E-state index in [9.17, 15) is 13.2 Å². The van der Waals surface area contributed by atoms with Crippen LogP contribution in [0.3, 0.4) is 0 Å². The molecule has 2 heterocycles. The van der Waals surface area contributed by atoms with Gasteiger partial charge < -0.3 is 5.32 Å². The molecule has 0 spiro atoms. The average Bonchev–Trinajstić information content (AvgIpc) is 2.90. The predicted molar refractivity (Wildman–Crippen MR) is 85.4 cm³/mol. The van der Waals surface area contributed by atoms with E-state index >= 15 is 0 Å². The number of hydrogen-bond donors (Lipinski definition) is 2. The fourth-order valence-corrected chi connectivity index (χ4v) is 2.43. The lowest BCUT2D eigenvalue weighted by atomic mass is 10.2. The Hall–Kier alpha value is -2.26. The maximum Gasteiger partial charge on any atom is 0.221 e. The average molecular weight is 337 g/mol. The molecule has 0 fully saturated rings. The highest BCUT2D eigenvalue weighted by Crippen LogP contribution is 2.09. The molecule has 2 N–H and O–H groups in total. The number of pyridine rings is 1. The smallest absolute Gasteiger partial charge is 0.221 e. The molecule has 0 aliphatic rings. The van der Waals surface area contributed by atoms with Crippen LogP contribution in [-0.2, 0) is 21.4 Å². The number of hydrogen-bond acceptors (Lipinski definition) is 5. The maximum atomic E-state index is 11.7. The Balaban J connectivity index is 1.89. The molecule has 0 radical (unpaired) electrons. The minimum Gasteiger partial charge on any atom is -0.352 e. The Morgan fingerprint density at radius 3 is 2.74 bits per heavy atom. The van der Waals surface area contributed by atoms with Crippen molar-refractivity contribution in [1.29, 1.82) is 0 Å². The van der Waals surface area contributed by atoms with E-state index in [-0.39, 0.29) is 18.9 Å². The number of nitrogens with zero attached hydrogens (tertiary/aromatic N) is 3. The molecule has 2 aromatic heterocycles. The summed E-state index contributed by atoms with van der Waals surface area (Å²) in [7, 11) is -3.27. The van der Waals surface area contributed by atoms with Gasteiger partial charge >= 0.3 is 0 Å². The van der Waals surface area contributed by atoms with Gasteiger partial charge in [-0.15, -0.1) is 0 Å². The summed E-state index contributed by atoms with van der Waals surface area (Å²) >= 11 is 0. The van der Waals surface area contributed by atoms with Gasteiger partial charge in [0.15, 0.2) is 0 Å². The van der Waals surface area contributed by atoms with Gasteiger partial charge in [-0.05, 0) is 24.6 Å². The molecular weight excluding hydrogens is 318 g/mol. The van der Waals surface area contributed by atoms with Crippen LogP contribution < -0.4 is 10.0 Å². The van der Waals surface area contributed by atoms with Gasteiger partial charge in [-0.2, -0.15) is 0 Å². The highest BCUT2D eigenvalue weighted by Gasteiger charge is 2.06. The van der Waals surface area contributed by atoms with E-state index in [1.165, 1.54) is 0 Å². The van der Waals surface area contributed by atoms with Crippen LogP contribution >= 0.6 is 0 Å². The third-order valence-corrected chi connectivity index (χ3v) is 3.82. The van der Waals surface area contributed by atoms with E-state index in [0.29, 0.717) is 6.54 Å². The topological polar surface area (TPSA) is 106 Å². The molecule has 0 aromatic carbocycles. The first-order valence-electron chi connectivity index (χ1n) is 7.02. The maximum absolute atomic E-state index is 11.7. The van der Waals surface area contributed by atoms with E-state index in [2.05, 4.69) is 20.0 Å². The molecular formula is C14H19N5O3S. The molecule has 0 aliphatic carbocycles. The number of aryl methyl sites for hydroxylation is 1. The first-order chi connectivity index (χ1) is 10.8. The molecule has 23 heavy (non-hydrogen) atoms. The summed E-state index contributed by atoms with van der Waals surface area (Å²) in [6.45, 7) is 2.31. The SMILES string of the molecule is Cc1nccn1-c1cc(CNC(=O)CCNS(C)(=O)=O)ccn1. The zero-order chi connectivity index (χ0) is 16.9. The summed E-state index contributed by atoms with van der Waals surface area (Å²) < 4.78 is 25.9. The molecule has 0 saturated carbocycles. The van der Waals surface area contributed by atoms with Gasteiger partial charge in [-0.25, -0.2) is 23.1 Å². The second kappa shape index (κ2) is 7.34.